The Hall–Kier alpha value is -2.62. The first kappa shape index (κ1) is 24.0. The second-order valence-corrected chi connectivity index (χ2v) is 9.10. The number of amides is 2. The van der Waals surface area contributed by atoms with Crippen LogP contribution in [0.4, 0.5) is 11.4 Å². The van der Waals surface area contributed by atoms with E-state index >= 15 is 0 Å². The number of anilines is 2. The molecule has 2 N–H and O–H groups in total. The summed E-state index contributed by atoms with van der Waals surface area (Å²) in [6.07, 6.45) is 1.72. The summed E-state index contributed by atoms with van der Waals surface area (Å²) in [4.78, 5) is 24.8. The van der Waals surface area contributed by atoms with Crippen LogP contribution in [0.3, 0.4) is 0 Å². The summed E-state index contributed by atoms with van der Waals surface area (Å²) in [5.41, 5.74) is 2.25. The first-order chi connectivity index (χ1) is 15.4. The van der Waals surface area contributed by atoms with Crippen molar-refractivity contribution in [2.45, 2.75) is 25.0 Å². The highest BCUT2D eigenvalue weighted by molar-refractivity contribution is 9.10. The standard InChI is InChI=1S/C22H21BrClN5O2S/c1-3-10-29-19(12-20(30)26-17-7-4-14(2)18(24)11-17)27-28-22(29)32-13-21(31)25-16-8-5-15(23)6-9-16/h3-9,11H,1,10,12-13H2,2H3,(H,25,31)(H,26,30). The lowest BCUT2D eigenvalue weighted by Gasteiger charge is -2.09. The minimum Gasteiger partial charge on any atom is -0.326 e. The maximum atomic E-state index is 12.5. The number of carbonyl (C=O) groups excluding carboxylic acids is 2. The van der Waals surface area contributed by atoms with Crippen LogP contribution in [0.5, 0.6) is 0 Å². The van der Waals surface area contributed by atoms with E-state index in [1.54, 1.807) is 22.8 Å². The highest BCUT2D eigenvalue weighted by Gasteiger charge is 2.16. The van der Waals surface area contributed by atoms with Crippen molar-refractivity contribution in [3.05, 3.63) is 76.0 Å². The molecule has 166 valence electrons. The molecule has 1 aromatic heterocycles. The van der Waals surface area contributed by atoms with Crippen LogP contribution in [0.15, 0.2) is 64.7 Å². The van der Waals surface area contributed by atoms with E-state index in [9.17, 15) is 9.59 Å². The van der Waals surface area contributed by atoms with Gasteiger partial charge in [0.05, 0.1) is 12.2 Å². The van der Waals surface area contributed by atoms with Crippen LogP contribution in [0.1, 0.15) is 11.4 Å². The third-order valence-electron chi connectivity index (χ3n) is 4.34. The van der Waals surface area contributed by atoms with E-state index in [1.165, 1.54) is 11.8 Å². The quantitative estimate of drug-likeness (QED) is 0.294. The van der Waals surface area contributed by atoms with Gasteiger partial charge in [-0.3, -0.25) is 9.59 Å². The number of aryl methyl sites for hydroxylation is 1. The molecule has 0 spiro atoms. The van der Waals surface area contributed by atoms with E-state index in [2.05, 4.69) is 43.3 Å². The summed E-state index contributed by atoms with van der Waals surface area (Å²) in [6, 6.07) is 12.7. The summed E-state index contributed by atoms with van der Waals surface area (Å²) >= 11 is 10.7. The third-order valence-corrected chi connectivity index (χ3v) is 6.24. The number of hydrogen-bond donors (Lipinski definition) is 2. The molecule has 0 aliphatic carbocycles. The van der Waals surface area contributed by atoms with Crippen molar-refractivity contribution < 1.29 is 9.59 Å². The fourth-order valence-electron chi connectivity index (χ4n) is 2.75. The van der Waals surface area contributed by atoms with Gasteiger partial charge in [0.15, 0.2) is 5.16 Å². The summed E-state index contributed by atoms with van der Waals surface area (Å²) in [5, 5.41) is 15.1. The van der Waals surface area contributed by atoms with Crippen molar-refractivity contribution in [1.29, 1.82) is 0 Å². The van der Waals surface area contributed by atoms with Gasteiger partial charge in [-0.2, -0.15) is 0 Å². The molecule has 2 aromatic carbocycles. The van der Waals surface area contributed by atoms with Crippen LogP contribution < -0.4 is 10.6 Å². The van der Waals surface area contributed by atoms with Gasteiger partial charge in [0.1, 0.15) is 5.82 Å². The first-order valence-electron chi connectivity index (χ1n) is 9.63. The van der Waals surface area contributed by atoms with Crippen LogP contribution in [0.2, 0.25) is 5.02 Å². The van der Waals surface area contributed by atoms with E-state index in [1.807, 2.05) is 37.3 Å². The van der Waals surface area contributed by atoms with Crippen LogP contribution >= 0.6 is 39.3 Å². The number of aromatic nitrogens is 3. The molecule has 0 radical (unpaired) electrons. The van der Waals surface area contributed by atoms with E-state index in [0.29, 0.717) is 33.9 Å². The number of allylic oxidation sites excluding steroid dienone is 1. The van der Waals surface area contributed by atoms with Gasteiger partial charge in [-0.1, -0.05) is 51.4 Å². The first-order valence-corrected chi connectivity index (χ1v) is 11.8. The molecule has 0 saturated heterocycles. The van der Waals surface area contributed by atoms with Crippen molar-refractivity contribution in [3.63, 3.8) is 0 Å². The number of rotatable bonds is 9. The van der Waals surface area contributed by atoms with Gasteiger partial charge in [-0.05, 0) is 48.9 Å². The molecule has 2 amide bonds. The van der Waals surface area contributed by atoms with Crippen molar-refractivity contribution in [1.82, 2.24) is 14.8 Å². The maximum Gasteiger partial charge on any atom is 0.234 e. The maximum absolute atomic E-state index is 12.5. The molecule has 10 heteroatoms. The van der Waals surface area contributed by atoms with Gasteiger partial charge in [-0.25, -0.2) is 0 Å². The summed E-state index contributed by atoms with van der Waals surface area (Å²) in [5.74, 6) is 0.226. The lowest BCUT2D eigenvalue weighted by atomic mass is 10.2. The van der Waals surface area contributed by atoms with Crippen LogP contribution in [-0.2, 0) is 22.6 Å². The predicted molar refractivity (Wildman–Crippen MR) is 132 cm³/mol. The number of nitrogens with zero attached hydrogens (tertiary/aromatic N) is 3. The molecule has 1 heterocycles. The van der Waals surface area contributed by atoms with Gasteiger partial charge in [0, 0.05) is 27.4 Å². The van der Waals surface area contributed by atoms with Crippen molar-refractivity contribution >= 4 is 62.5 Å². The van der Waals surface area contributed by atoms with E-state index < -0.39 is 0 Å². The fourth-order valence-corrected chi connectivity index (χ4v) is 3.96. The Kier molecular flexibility index (Phi) is 8.49. The molecule has 0 aliphatic rings. The second kappa shape index (κ2) is 11.3. The van der Waals surface area contributed by atoms with Crippen molar-refractivity contribution in [2.75, 3.05) is 16.4 Å². The molecule has 0 atom stereocenters. The van der Waals surface area contributed by atoms with E-state index in [0.717, 1.165) is 10.0 Å². The highest BCUT2D eigenvalue weighted by Crippen LogP contribution is 2.21. The Balaban J connectivity index is 1.61. The number of halogens is 2. The zero-order valence-electron chi connectivity index (χ0n) is 17.3. The van der Waals surface area contributed by atoms with Crippen LogP contribution in [0.25, 0.3) is 0 Å². The molecule has 0 unspecified atom stereocenters. The number of benzene rings is 2. The summed E-state index contributed by atoms with van der Waals surface area (Å²) < 4.78 is 2.70. The molecule has 0 saturated carbocycles. The Bertz CT molecular complexity index is 1130. The van der Waals surface area contributed by atoms with Gasteiger partial charge in [0.25, 0.3) is 0 Å². The zero-order chi connectivity index (χ0) is 23.1. The molecule has 0 bridgehead atoms. The van der Waals surface area contributed by atoms with Crippen molar-refractivity contribution in [2.24, 2.45) is 0 Å². The SMILES string of the molecule is C=CCn1c(CC(=O)Nc2ccc(C)c(Cl)c2)nnc1SCC(=O)Nc1ccc(Br)cc1. The van der Waals surface area contributed by atoms with Gasteiger partial charge >= 0.3 is 0 Å². The minimum atomic E-state index is -0.243. The van der Waals surface area contributed by atoms with E-state index in [4.69, 9.17) is 11.6 Å². The molecular weight excluding hydrogens is 514 g/mol. The van der Waals surface area contributed by atoms with Gasteiger partial charge in [-0.15, -0.1) is 16.8 Å². The van der Waals surface area contributed by atoms with Gasteiger partial charge < -0.3 is 15.2 Å². The molecule has 7 nitrogen and oxygen atoms in total. The molecule has 32 heavy (non-hydrogen) atoms. The monoisotopic (exact) mass is 533 g/mol. The molecule has 0 aliphatic heterocycles. The lowest BCUT2D eigenvalue weighted by Crippen LogP contribution is -2.18. The van der Waals surface area contributed by atoms with Gasteiger partial charge in [0.2, 0.25) is 11.8 Å². The Morgan fingerprint density at radius 1 is 1.12 bits per heavy atom. The highest BCUT2D eigenvalue weighted by atomic mass is 79.9. The predicted octanol–water partition coefficient (Wildman–Crippen LogP) is 5.10. The molecular formula is C22H21BrClN5O2S. The average Bonchev–Trinajstić information content (AvgIpc) is 3.12. The number of hydrogen-bond acceptors (Lipinski definition) is 5. The molecule has 3 rings (SSSR count). The molecule has 3 aromatic rings. The largest absolute Gasteiger partial charge is 0.326 e. The Morgan fingerprint density at radius 2 is 1.81 bits per heavy atom. The molecule has 0 fully saturated rings. The Labute approximate surface area is 203 Å². The van der Waals surface area contributed by atoms with Crippen molar-refractivity contribution in [3.8, 4) is 0 Å². The zero-order valence-corrected chi connectivity index (χ0v) is 20.4. The van der Waals surface area contributed by atoms with Crippen LogP contribution in [-0.4, -0.2) is 32.3 Å². The summed E-state index contributed by atoms with van der Waals surface area (Å²) in [6.45, 7) is 6.07. The average molecular weight is 535 g/mol. The number of carbonyl (C=O) groups is 2. The van der Waals surface area contributed by atoms with Crippen LogP contribution in [0, 0.1) is 6.92 Å². The topological polar surface area (TPSA) is 88.9 Å². The number of thioether (sulfide) groups is 1. The third kappa shape index (κ3) is 6.69. The second-order valence-electron chi connectivity index (χ2n) is 6.83. The smallest absolute Gasteiger partial charge is 0.234 e. The fraction of sp³-hybridized carbons (Fsp3) is 0.182. The minimum absolute atomic E-state index is 0.0258. The summed E-state index contributed by atoms with van der Waals surface area (Å²) in [7, 11) is 0. The van der Waals surface area contributed by atoms with E-state index in [-0.39, 0.29) is 24.0 Å². The lowest BCUT2D eigenvalue weighted by molar-refractivity contribution is -0.116. The normalized spacial score (nSPS) is 10.6. The Morgan fingerprint density at radius 3 is 2.50 bits per heavy atom. The number of nitrogens with one attached hydrogen (secondary N) is 2.